The summed E-state index contributed by atoms with van der Waals surface area (Å²) in [5, 5.41) is 2.79. The summed E-state index contributed by atoms with van der Waals surface area (Å²) in [6, 6.07) is 16.4. The summed E-state index contributed by atoms with van der Waals surface area (Å²) in [6.45, 7) is 4.55. The van der Waals surface area contributed by atoms with E-state index >= 15 is 0 Å². The molecular weight excluding hydrogens is 360 g/mol. The Morgan fingerprint density at radius 3 is 2.33 bits per heavy atom. The molecule has 1 amide bonds. The average Bonchev–Trinajstić information content (AvgIpc) is 2.64. The van der Waals surface area contributed by atoms with Crippen LogP contribution >= 0.6 is 0 Å². The number of para-hydroxylation sites is 1. The molecule has 0 aliphatic carbocycles. The Morgan fingerprint density at radius 2 is 1.67 bits per heavy atom. The van der Waals surface area contributed by atoms with Gasteiger partial charge in [-0.3, -0.25) is 9.10 Å². The average molecular weight is 385 g/mol. The van der Waals surface area contributed by atoms with E-state index in [4.69, 9.17) is 0 Å². The van der Waals surface area contributed by atoms with Crippen LogP contribution in [0.3, 0.4) is 0 Å². The van der Waals surface area contributed by atoms with Gasteiger partial charge in [0.25, 0.3) is 15.9 Å². The lowest BCUT2D eigenvalue weighted by Gasteiger charge is -2.30. The monoisotopic (exact) mass is 384 g/mol. The molecule has 0 radical (unpaired) electrons. The number of hydrogen-bond acceptors (Lipinski definition) is 3. The fourth-order valence-electron chi connectivity index (χ4n) is 3.15. The summed E-state index contributed by atoms with van der Waals surface area (Å²) >= 11 is 0. The van der Waals surface area contributed by atoms with E-state index < -0.39 is 15.9 Å². The lowest BCUT2D eigenvalue weighted by Crippen LogP contribution is -2.39. The molecule has 142 valence electrons. The second kappa shape index (κ2) is 7.56. The molecule has 1 aliphatic rings. The smallest absolute Gasteiger partial charge is 0.270 e. The van der Waals surface area contributed by atoms with Crippen molar-refractivity contribution in [1.29, 1.82) is 0 Å². The Morgan fingerprint density at radius 1 is 1.04 bits per heavy atom. The van der Waals surface area contributed by atoms with Crippen molar-refractivity contribution in [1.82, 2.24) is 5.32 Å². The van der Waals surface area contributed by atoms with E-state index in [9.17, 15) is 13.2 Å². The van der Waals surface area contributed by atoms with Crippen LogP contribution in [0.5, 0.6) is 0 Å². The Labute approximate surface area is 160 Å². The third kappa shape index (κ3) is 3.62. The van der Waals surface area contributed by atoms with Gasteiger partial charge in [-0.05, 0) is 24.0 Å². The molecule has 1 aliphatic heterocycles. The zero-order chi connectivity index (χ0) is 19.6. The molecule has 0 aromatic heterocycles. The quantitative estimate of drug-likeness (QED) is 0.859. The number of carbonyl (C=O) groups excluding carboxylic acids is 1. The molecule has 0 saturated carbocycles. The number of benzene rings is 2. The van der Waals surface area contributed by atoms with Gasteiger partial charge in [0.1, 0.15) is 0 Å². The first kappa shape index (κ1) is 19.2. The Bertz CT molecular complexity index is 979. The summed E-state index contributed by atoms with van der Waals surface area (Å²) in [4.78, 5) is 12.8. The van der Waals surface area contributed by atoms with Crippen LogP contribution in [0.25, 0.3) is 5.57 Å². The second-order valence-corrected chi connectivity index (χ2v) is 8.90. The zero-order valence-corrected chi connectivity index (χ0v) is 16.6. The highest BCUT2D eigenvalue weighted by atomic mass is 32.2. The summed E-state index contributed by atoms with van der Waals surface area (Å²) in [5.41, 5.74) is 2.45. The maximum atomic E-state index is 13.2. The maximum absolute atomic E-state index is 13.2. The number of sulfonamides is 1. The van der Waals surface area contributed by atoms with Crippen molar-refractivity contribution >= 4 is 27.2 Å². The van der Waals surface area contributed by atoms with Gasteiger partial charge in [-0.25, -0.2) is 8.42 Å². The van der Waals surface area contributed by atoms with Gasteiger partial charge >= 0.3 is 0 Å². The highest BCUT2D eigenvalue weighted by Crippen LogP contribution is 2.41. The number of nitrogens with one attached hydrogen (secondary N) is 1. The van der Waals surface area contributed by atoms with Crippen molar-refractivity contribution < 1.29 is 13.2 Å². The van der Waals surface area contributed by atoms with Gasteiger partial charge in [0.05, 0.1) is 5.69 Å². The number of hydrogen-bond donors (Lipinski definition) is 1. The van der Waals surface area contributed by atoms with Gasteiger partial charge < -0.3 is 5.32 Å². The Hall–Kier alpha value is -2.60. The first-order valence-corrected chi connectivity index (χ1v) is 10.4. The van der Waals surface area contributed by atoms with E-state index in [1.165, 1.54) is 11.4 Å². The van der Waals surface area contributed by atoms with Crippen LogP contribution in [0.2, 0.25) is 0 Å². The number of rotatable bonds is 5. The maximum Gasteiger partial charge on any atom is 0.270 e. The molecule has 0 atom stereocenters. The molecule has 3 rings (SSSR count). The highest BCUT2D eigenvalue weighted by molar-refractivity contribution is 7.97. The van der Waals surface area contributed by atoms with Gasteiger partial charge in [-0.1, -0.05) is 62.4 Å². The van der Waals surface area contributed by atoms with Gasteiger partial charge in [-0.2, -0.15) is 0 Å². The highest BCUT2D eigenvalue weighted by Gasteiger charge is 2.39. The topological polar surface area (TPSA) is 66.5 Å². The molecule has 1 N–H and O–H groups in total. The van der Waals surface area contributed by atoms with Crippen molar-refractivity contribution in [3.05, 3.63) is 70.6 Å². The minimum Gasteiger partial charge on any atom is -0.351 e. The lowest BCUT2D eigenvalue weighted by atomic mass is 9.95. The first-order valence-electron chi connectivity index (χ1n) is 9.00. The summed E-state index contributed by atoms with van der Waals surface area (Å²) in [7, 11) is -2.48. The van der Waals surface area contributed by atoms with Crippen molar-refractivity contribution in [3.63, 3.8) is 0 Å². The fourth-order valence-corrected chi connectivity index (χ4v) is 4.64. The molecule has 0 fully saturated rings. The van der Waals surface area contributed by atoms with Crippen molar-refractivity contribution in [2.45, 2.75) is 20.3 Å². The molecule has 2 aromatic carbocycles. The molecule has 0 unspecified atom stereocenters. The molecule has 1 heterocycles. The standard InChI is InChI=1S/C21H24N2O3S/c1-15(2)13-14-22-21(24)20-19(16-9-5-4-6-10-16)17-11-7-8-12-18(17)23(3)27(20,25)26/h4-12,15H,13-14H2,1-3H3,(H,22,24). The fraction of sp³-hybridized carbons (Fsp3) is 0.286. The largest absolute Gasteiger partial charge is 0.351 e. The molecule has 0 spiro atoms. The minimum absolute atomic E-state index is 0.196. The van der Waals surface area contributed by atoms with Crippen LogP contribution in [-0.4, -0.2) is 27.9 Å². The van der Waals surface area contributed by atoms with Crippen LogP contribution < -0.4 is 9.62 Å². The second-order valence-electron chi connectivity index (χ2n) is 7.00. The molecule has 27 heavy (non-hydrogen) atoms. The molecule has 5 nitrogen and oxygen atoms in total. The van der Waals surface area contributed by atoms with E-state index in [2.05, 4.69) is 19.2 Å². The Kier molecular flexibility index (Phi) is 5.37. The van der Waals surface area contributed by atoms with E-state index in [1.807, 2.05) is 42.5 Å². The zero-order valence-electron chi connectivity index (χ0n) is 15.8. The molecule has 6 heteroatoms. The van der Waals surface area contributed by atoms with Crippen LogP contribution in [0.1, 0.15) is 31.4 Å². The Balaban J connectivity index is 2.21. The number of nitrogens with zero attached hydrogens (tertiary/aromatic N) is 1. The third-order valence-corrected chi connectivity index (χ3v) is 6.46. The van der Waals surface area contributed by atoms with Crippen molar-refractivity contribution in [2.75, 3.05) is 17.9 Å². The number of anilines is 1. The van der Waals surface area contributed by atoms with E-state index in [0.717, 1.165) is 12.0 Å². The van der Waals surface area contributed by atoms with Gasteiger partial charge in [0, 0.05) is 24.7 Å². The SMILES string of the molecule is CC(C)CCNC(=O)C1=C(c2ccccc2)c2ccccc2N(C)S1(=O)=O. The summed E-state index contributed by atoms with van der Waals surface area (Å²) in [5.74, 6) is -0.143. The molecule has 2 aromatic rings. The van der Waals surface area contributed by atoms with Crippen molar-refractivity contribution in [3.8, 4) is 0 Å². The summed E-state index contributed by atoms with van der Waals surface area (Å²) < 4.78 is 27.6. The van der Waals surface area contributed by atoms with Gasteiger partial charge in [-0.15, -0.1) is 0 Å². The molecule has 0 saturated heterocycles. The van der Waals surface area contributed by atoms with Crippen LogP contribution in [0.4, 0.5) is 5.69 Å². The number of fused-ring (bicyclic) bond motifs is 1. The number of carbonyl (C=O) groups is 1. The minimum atomic E-state index is -3.96. The summed E-state index contributed by atoms with van der Waals surface area (Å²) in [6.07, 6.45) is 0.784. The normalized spacial score (nSPS) is 15.6. The van der Waals surface area contributed by atoms with E-state index in [1.54, 1.807) is 12.1 Å². The van der Waals surface area contributed by atoms with Crippen molar-refractivity contribution in [2.24, 2.45) is 5.92 Å². The van der Waals surface area contributed by atoms with Crippen LogP contribution in [0, 0.1) is 5.92 Å². The van der Waals surface area contributed by atoms with E-state index in [-0.39, 0.29) is 4.91 Å². The first-order chi connectivity index (χ1) is 12.8. The van der Waals surface area contributed by atoms with Crippen LogP contribution in [-0.2, 0) is 14.8 Å². The van der Waals surface area contributed by atoms with E-state index in [0.29, 0.717) is 29.3 Å². The predicted molar refractivity (Wildman–Crippen MR) is 109 cm³/mol. The molecular formula is C21H24N2O3S. The molecule has 0 bridgehead atoms. The van der Waals surface area contributed by atoms with Gasteiger partial charge in [0.15, 0.2) is 4.91 Å². The number of amides is 1. The lowest BCUT2D eigenvalue weighted by molar-refractivity contribution is -0.116. The van der Waals surface area contributed by atoms with Crippen LogP contribution in [0.15, 0.2) is 59.5 Å². The van der Waals surface area contributed by atoms with Gasteiger partial charge in [0.2, 0.25) is 0 Å². The third-order valence-electron chi connectivity index (χ3n) is 4.63. The predicted octanol–water partition coefficient (Wildman–Crippen LogP) is 3.39.